The second-order valence-corrected chi connectivity index (χ2v) is 16.0. The van der Waals surface area contributed by atoms with Gasteiger partial charge in [0.25, 0.3) is 0 Å². The molecule has 1 aromatic heterocycles. The lowest BCUT2D eigenvalue weighted by Crippen LogP contribution is -2.60. The van der Waals surface area contributed by atoms with Crippen molar-refractivity contribution in [3.8, 4) is 0 Å². The highest BCUT2D eigenvalue weighted by Gasteiger charge is 2.40. The van der Waals surface area contributed by atoms with Crippen molar-refractivity contribution in [1.29, 1.82) is 0 Å². The molecule has 0 saturated carbocycles. The number of para-hydroxylation sites is 1. The van der Waals surface area contributed by atoms with Crippen LogP contribution in [-0.2, 0) is 46.4 Å². The van der Waals surface area contributed by atoms with E-state index in [4.69, 9.17) is 11.5 Å². The maximum absolute atomic E-state index is 14.5. The zero-order valence-electron chi connectivity index (χ0n) is 35.5. The van der Waals surface area contributed by atoms with Crippen LogP contribution >= 0.6 is 0 Å². The van der Waals surface area contributed by atoms with E-state index in [-0.39, 0.29) is 64.1 Å². The Hall–Kier alpha value is -6.46. The number of hydrogen-bond acceptors (Lipinski definition) is 8. The molecule has 18 heteroatoms. The van der Waals surface area contributed by atoms with E-state index in [9.17, 15) is 33.6 Å². The van der Waals surface area contributed by atoms with Crippen molar-refractivity contribution in [2.75, 3.05) is 19.6 Å². The summed E-state index contributed by atoms with van der Waals surface area (Å²) in [6.45, 7) is 3.75. The summed E-state index contributed by atoms with van der Waals surface area (Å²) in [5.74, 6) is -3.86. The molecule has 5 rings (SSSR count). The van der Waals surface area contributed by atoms with Gasteiger partial charge in [-0.15, -0.1) is 0 Å². The fourth-order valence-electron chi connectivity index (χ4n) is 7.97. The van der Waals surface area contributed by atoms with Gasteiger partial charge in [0, 0.05) is 56.5 Å². The highest BCUT2D eigenvalue weighted by Crippen LogP contribution is 2.22. The second-order valence-electron chi connectivity index (χ2n) is 16.0. The van der Waals surface area contributed by atoms with Crippen molar-refractivity contribution in [1.82, 2.24) is 41.8 Å². The molecule has 334 valence electrons. The molecule has 0 bridgehead atoms. The molecule has 6 atom stereocenters. The number of nitrogens with one attached hydrogen (secondary N) is 7. The van der Waals surface area contributed by atoms with Gasteiger partial charge in [0.15, 0.2) is 5.96 Å². The number of unbranched alkanes of at least 4 members (excludes halogenated alkanes) is 1. The molecule has 11 N–H and O–H groups in total. The van der Waals surface area contributed by atoms with Crippen LogP contribution in [0.5, 0.6) is 0 Å². The average Bonchev–Trinajstić information content (AvgIpc) is 3.91. The van der Waals surface area contributed by atoms with E-state index < -0.39 is 77.6 Å². The lowest BCUT2D eigenvalue weighted by molar-refractivity contribution is -0.142. The van der Waals surface area contributed by atoms with Crippen molar-refractivity contribution in [2.45, 2.75) is 121 Å². The highest BCUT2D eigenvalue weighted by atomic mass is 16.2. The van der Waals surface area contributed by atoms with Gasteiger partial charge in [-0.3, -0.25) is 38.6 Å². The number of aliphatic imine (C=N–C) groups is 1. The van der Waals surface area contributed by atoms with Crippen molar-refractivity contribution in [3.05, 3.63) is 71.9 Å². The van der Waals surface area contributed by atoms with E-state index in [1.807, 2.05) is 61.5 Å². The first-order valence-electron chi connectivity index (χ1n) is 21.6. The standard InChI is InChI=1S/C44H61N11O7/c1-3-4-16-33-39(58)54-36(25-29-26-49-31-17-9-8-15-30(29)31)41(60)51-32(18-10-22-48-44(45)46)38(57)47-21-11-19-34(43(62)55-23-12-20-37(55)42(61)52-33)53-40(59)35(50-27(2)56)24-28-13-6-5-7-14-28/h5-9,13-15,17,26,32-37,49H,3-4,10-12,16,18-25H2,1-2H3,(H,47,57)(H,50,56)(H,51,60)(H,52,61)(H,53,59)(H,54,58)(H4,45,46,48)/t32-,33+,34-,35-,36-,37-/m0/s1. The van der Waals surface area contributed by atoms with Gasteiger partial charge < -0.3 is 53.3 Å². The zero-order valence-corrected chi connectivity index (χ0v) is 35.5. The van der Waals surface area contributed by atoms with Crippen LogP contribution < -0.4 is 43.4 Å². The number of nitrogens with zero attached hydrogens (tertiary/aromatic N) is 2. The summed E-state index contributed by atoms with van der Waals surface area (Å²) in [4.78, 5) is 106. The summed E-state index contributed by atoms with van der Waals surface area (Å²) in [6, 6.07) is 10.4. The Morgan fingerprint density at radius 2 is 1.52 bits per heavy atom. The average molecular weight is 856 g/mol. The number of benzene rings is 2. The number of carbonyl (C=O) groups excluding carboxylic acids is 7. The van der Waals surface area contributed by atoms with Gasteiger partial charge in [-0.05, 0) is 62.1 Å². The Morgan fingerprint density at radius 1 is 0.839 bits per heavy atom. The van der Waals surface area contributed by atoms with Crippen LogP contribution in [0, 0.1) is 0 Å². The van der Waals surface area contributed by atoms with Gasteiger partial charge in [0.1, 0.15) is 36.3 Å². The van der Waals surface area contributed by atoms with E-state index in [0.717, 1.165) is 22.0 Å². The topological polar surface area (TPSA) is 275 Å². The van der Waals surface area contributed by atoms with Crippen LogP contribution in [0.4, 0.5) is 0 Å². The molecular formula is C44H61N11O7. The first-order valence-corrected chi connectivity index (χ1v) is 21.6. The Kier molecular flexibility index (Phi) is 17.2. The summed E-state index contributed by atoms with van der Waals surface area (Å²) in [7, 11) is 0. The van der Waals surface area contributed by atoms with E-state index in [1.165, 1.54) is 11.8 Å². The molecule has 0 aliphatic carbocycles. The summed E-state index contributed by atoms with van der Waals surface area (Å²) in [6.07, 6.45) is 5.18. The first kappa shape index (κ1) is 46.6. The third-order valence-corrected chi connectivity index (χ3v) is 11.2. The molecule has 0 unspecified atom stereocenters. The number of H-pyrrole nitrogens is 1. The minimum absolute atomic E-state index is 0.0659. The fourth-order valence-corrected chi connectivity index (χ4v) is 7.97. The molecule has 2 aliphatic heterocycles. The number of guanidine groups is 1. The maximum Gasteiger partial charge on any atom is 0.245 e. The molecule has 2 aromatic carbocycles. The molecule has 0 spiro atoms. The normalized spacial score (nSPS) is 22.2. The summed E-state index contributed by atoms with van der Waals surface area (Å²) in [5, 5.41) is 17.9. The number of hydrogen-bond donors (Lipinski definition) is 9. The second kappa shape index (κ2) is 22.9. The SMILES string of the molecule is CCCC[C@H]1NC(=O)[C@@H]2CCCN2C(=O)[C@@H](NC(=O)[C@H](Cc2ccccc2)NC(C)=O)CCCNC(=O)[C@H](CCCN=C(N)N)NC(=O)[C@H](Cc2c[nH]c3ccccc23)NC1=O. The largest absolute Gasteiger partial charge is 0.370 e. The minimum Gasteiger partial charge on any atom is -0.370 e. The molecular weight excluding hydrogens is 795 g/mol. The van der Waals surface area contributed by atoms with Crippen molar-refractivity contribution >= 4 is 58.2 Å². The van der Waals surface area contributed by atoms with Gasteiger partial charge in [0.2, 0.25) is 41.4 Å². The molecule has 3 heterocycles. The number of fused-ring (bicyclic) bond motifs is 2. The Labute approximate surface area is 361 Å². The monoisotopic (exact) mass is 855 g/mol. The fraction of sp³-hybridized carbons (Fsp3) is 0.500. The number of rotatable bonds is 14. The molecule has 0 radical (unpaired) electrons. The van der Waals surface area contributed by atoms with Crippen molar-refractivity contribution in [3.63, 3.8) is 0 Å². The summed E-state index contributed by atoms with van der Waals surface area (Å²) >= 11 is 0. The van der Waals surface area contributed by atoms with Gasteiger partial charge in [-0.25, -0.2) is 0 Å². The van der Waals surface area contributed by atoms with Crippen molar-refractivity contribution < 1.29 is 33.6 Å². The smallest absolute Gasteiger partial charge is 0.245 e. The van der Waals surface area contributed by atoms with Gasteiger partial charge in [0.05, 0.1) is 0 Å². The molecule has 2 aliphatic rings. The molecule has 62 heavy (non-hydrogen) atoms. The highest BCUT2D eigenvalue weighted by molar-refractivity contribution is 5.98. The van der Waals surface area contributed by atoms with E-state index in [1.54, 1.807) is 6.20 Å². The van der Waals surface area contributed by atoms with Crippen LogP contribution in [0.3, 0.4) is 0 Å². The predicted molar refractivity (Wildman–Crippen MR) is 234 cm³/mol. The van der Waals surface area contributed by atoms with E-state index >= 15 is 0 Å². The number of amides is 7. The molecule has 18 nitrogen and oxygen atoms in total. The third kappa shape index (κ3) is 13.3. The predicted octanol–water partition coefficient (Wildman–Crippen LogP) is 0.542. The molecule has 2 saturated heterocycles. The van der Waals surface area contributed by atoms with Crippen LogP contribution in [0.1, 0.15) is 82.8 Å². The number of nitrogens with two attached hydrogens (primary N) is 2. The lowest BCUT2D eigenvalue weighted by Gasteiger charge is -2.31. The maximum atomic E-state index is 14.5. The van der Waals surface area contributed by atoms with Gasteiger partial charge in [-0.1, -0.05) is 68.3 Å². The van der Waals surface area contributed by atoms with Crippen LogP contribution in [0.25, 0.3) is 10.9 Å². The third-order valence-electron chi connectivity index (χ3n) is 11.2. The van der Waals surface area contributed by atoms with E-state index in [0.29, 0.717) is 32.1 Å². The van der Waals surface area contributed by atoms with E-state index in [2.05, 4.69) is 41.9 Å². The molecule has 3 aromatic rings. The van der Waals surface area contributed by atoms with Gasteiger partial charge in [-0.2, -0.15) is 0 Å². The number of aromatic nitrogens is 1. The molecule has 2 fully saturated rings. The van der Waals surface area contributed by atoms with Crippen molar-refractivity contribution in [2.24, 2.45) is 16.5 Å². The quantitative estimate of drug-likeness (QED) is 0.0621. The Bertz CT molecular complexity index is 2070. The summed E-state index contributed by atoms with van der Waals surface area (Å²) < 4.78 is 0. The lowest BCUT2D eigenvalue weighted by atomic mass is 10.0. The summed E-state index contributed by atoms with van der Waals surface area (Å²) in [5.41, 5.74) is 13.4. The zero-order chi connectivity index (χ0) is 44.6. The first-order chi connectivity index (χ1) is 29.8. The van der Waals surface area contributed by atoms with Gasteiger partial charge >= 0.3 is 0 Å². The minimum atomic E-state index is -1.15. The number of aromatic amines is 1. The van der Waals surface area contributed by atoms with Crippen LogP contribution in [-0.4, -0.2) is 113 Å². The molecule has 7 amide bonds. The van der Waals surface area contributed by atoms with Crippen LogP contribution in [0.2, 0.25) is 0 Å². The Morgan fingerprint density at radius 3 is 2.26 bits per heavy atom. The van der Waals surface area contributed by atoms with Crippen LogP contribution in [0.15, 0.2) is 65.8 Å². The Balaban J connectivity index is 1.45. The number of carbonyl (C=O) groups is 7.